The van der Waals surface area contributed by atoms with Crippen molar-refractivity contribution in [1.82, 2.24) is 0 Å². The first-order chi connectivity index (χ1) is 21.3. The summed E-state index contributed by atoms with van der Waals surface area (Å²) in [4.78, 5) is 4.79. The molecule has 6 aromatic carbocycles. The van der Waals surface area contributed by atoms with Gasteiger partial charge in [0, 0.05) is 17.0 Å². The third kappa shape index (κ3) is 4.11. The predicted molar refractivity (Wildman–Crippen MR) is 186 cm³/mol. The molecule has 2 aliphatic carbocycles. The fourth-order valence-electron chi connectivity index (χ4n) is 7.42. The minimum Gasteiger partial charge on any atom is -0.256 e. The lowest BCUT2D eigenvalue weighted by Crippen LogP contribution is -2.14. The summed E-state index contributed by atoms with van der Waals surface area (Å²) in [6.07, 6.45) is 1.95. The van der Waals surface area contributed by atoms with Gasteiger partial charge in [0.05, 0.1) is 5.69 Å². The molecule has 212 valence electrons. The van der Waals surface area contributed by atoms with Crippen LogP contribution in [0.5, 0.6) is 0 Å². The van der Waals surface area contributed by atoms with Gasteiger partial charge in [0.2, 0.25) is 0 Å². The van der Waals surface area contributed by atoms with Crippen LogP contribution in [0.3, 0.4) is 0 Å². The number of aliphatic imine (C=N–C) groups is 1. The lowest BCUT2D eigenvalue weighted by Gasteiger charge is -2.22. The number of rotatable bonds is 4. The third-order valence-electron chi connectivity index (χ3n) is 9.97. The smallest absolute Gasteiger partial charge is 0.0630 e. The van der Waals surface area contributed by atoms with E-state index in [4.69, 9.17) is 4.99 Å². The van der Waals surface area contributed by atoms with Crippen LogP contribution in [0, 0.1) is 0 Å². The molecule has 0 unspecified atom stereocenters. The van der Waals surface area contributed by atoms with Crippen molar-refractivity contribution in [3.05, 3.63) is 161 Å². The zero-order valence-corrected chi connectivity index (χ0v) is 25.7. The molecule has 0 heterocycles. The van der Waals surface area contributed by atoms with E-state index in [0.29, 0.717) is 0 Å². The van der Waals surface area contributed by atoms with Gasteiger partial charge in [-0.2, -0.15) is 0 Å². The largest absolute Gasteiger partial charge is 0.256 e. The Hall–Kier alpha value is -5.01. The molecule has 6 aromatic rings. The SMILES string of the molecule is CC1(C)c2ccccc2-c2ccc(-c3ccc(C=Nc4ccc(-c5ccc6c(c5)C(C)(C)c5ccccc5-6)cc4)cc3)cc21. The van der Waals surface area contributed by atoms with Crippen molar-refractivity contribution in [2.45, 2.75) is 38.5 Å². The van der Waals surface area contributed by atoms with Crippen molar-refractivity contribution >= 4 is 11.9 Å². The number of benzene rings is 6. The van der Waals surface area contributed by atoms with E-state index in [2.05, 4.69) is 161 Å². The second kappa shape index (κ2) is 9.76. The van der Waals surface area contributed by atoms with E-state index in [-0.39, 0.29) is 10.8 Å². The number of fused-ring (bicyclic) bond motifs is 6. The van der Waals surface area contributed by atoms with Gasteiger partial charge in [-0.3, -0.25) is 4.99 Å². The second-order valence-electron chi connectivity index (χ2n) is 13.3. The van der Waals surface area contributed by atoms with Crippen molar-refractivity contribution in [3.63, 3.8) is 0 Å². The molecule has 44 heavy (non-hydrogen) atoms. The van der Waals surface area contributed by atoms with Crippen LogP contribution in [-0.4, -0.2) is 6.21 Å². The molecule has 0 bridgehead atoms. The molecule has 8 rings (SSSR count). The summed E-state index contributed by atoms with van der Waals surface area (Å²) in [5.74, 6) is 0. The van der Waals surface area contributed by atoms with E-state index in [9.17, 15) is 0 Å². The van der Waals surface area contributed by atoms with Gasteiger partial charge in [-0.05, 0) is 96.6 Å². The minimum absolute atomic E-state index is 0.00467. The minimum atomic E-state index is 0.00467. The summed E-state index contributed by atoms with van der Waals surface area (Å²) in [5.41, 5.74) is 18.0. The van der Waals surface area contributed by atoms with Crippen LogP contribution >= 0.6 is 0 Å². The molecule has 0 spiro atoms. The summed E-state index contributed by atoms with van der Waals surface area (Å²) in [6.45, 7) is 9.33. The van der Waals surface area contributed by atoms with Crippen LogP contribution in [0.1, 0.15) is 55.5 Å². The van der Waals surface area contributed by atoms with Gasteiger partial charge in [-0.1, -0.05) is 137 Å². The summed E-state index contributed by atoms with van der Waals surface area (Å²) >= 11 is 0. The average Bonchev–Trinajstić information content (AvgIpc) is 3.43. The Labute approximate surface area is 260 Å². The Morgan fingerprint density at radius 3 is 1.32 bits per heavy atom. The van der Waals surface area contributed by atoms with Crippen molar-refractivity contribution in [3.8, 4) is 44.5 Å². The van der Waals surface area contributed by atoms with Gasteiger partial charge in [-0.25, -0.2) is 0 Å². The molecule has 0 aromatic heterocycles. The molecule has 1 heteroatoms. The highest BCUT2D eigenvalue weighted by atomic mass is 14.7. The highest BCUT2D eigenvalue weighted by Crippen LogP contribution is 2.50. The van der Waals surface area contributed by atoms with E-state index in [1.54, 1.807) is 0 Å². The Morgan fingerprint density at radius 2 is 0.818 bits per heavy atom. The Morgan fingerprint density at radius 1 is 0.409 bits per heavy atom. The van der Waals surface area contributed by atoms with Crippen molar-refractivity contribution in [2.24, 2.45) is 4.99 Å². The van der Waals surface area contributed by atoms with Crippen LogP contribution in [-0.2, 0) is 10.8 Å². The summed E-state index contributed by atoms with van der Waals surface area (Å²) in [7, 11) is 0. The quantitative estimate of drug-likeness (QED) is 0.189. The first kappa shape index (κ1) is 26.6. The van der Waals surface area contributed by atoms with Gasteiger partial charge in [-0.15, -0.1) is 0 Å². The number of hydrogen-bond acceptors (Lipinski definition) is 1. The van der Waals surface area contributed by atoms with Gasteiger partial charge >= 0.3 is 0 Å². The first-order valence-corrected chi connectivity index (χ1v) is 15.5. The molecular formula is C43H35N. The number of nitrogens with zero attached hydrogens (tertiary/aromatic N) is 1. The Kier molecular flexibility index (Phi) is 5.90. The van der Waals surface area contributed by atoms with E-state index in [0.717, 1.165) is 11.3 Å². The maximum absolute atomic E-state index is 4.79. The topological polar surface area (TPSA) is 12.4 Å². The van der Waals surface area contributed by atoms with E-state index in [1.165, 1.54) is 66.8 Å². The fourth-order valence-corrected chi connectivity index (χ4v) is 7.42. The van der Waals surface area contributed by atoms with Crippen LogP contribution < -0.4 is 0 Å². The maximum atomic E-state index is 4.79. The van der Waals surface area contributed by atoms with Gasteiger partial charge in [0.1, 0.15) is 0 Å². The van der Waals surface area contributed by atoms with Gasteiger partial charge < -0.3 is 0 Å². The number of hydrogen-bond donors (Lipinski definition) is 0. The van der Waals surface area contributed by atoms with Crippen LogP contribution in [0.15, 0.2) is 138 Å². The Balaban J connectivity index is 0.998. The predicted octanol–water partition coefficient (Wildman–Crippen LogP) is 11.4. The fraction of sp³-hybridized carbons (Fsp3) is 0.140. The zero-order valence-electron chi connectivity index (χ0n) is 25.7. The van der Waals surface area contributed by atoms with Crippen molar-refractivity contribution in [1.29, 1.82) is 0 Å². The maximum Gasteiger partial charge on any atom is 0.0630 e. The summed E-state index contributed by atoms with van der Waals surface area (Å²) in [5, 5.41) is 0. The van der Waals surface area contributed by atoms with Crippen molar-refractivity contribution in [2.75, 3.05) is 0 Å². The first-order valence-electron chi connectivity index (χ1n) is 15.5. The van der Waals surface area contributed by atoms with E-state index >= 15 is 0 Å². The second-order valence-corrected chi connectivity index (χ2v) is 13.3. The Bertz CT molecular complexity index is 1940. The lowest BCUT2D eigenvalue weighted by molar-refractivity contribution is 0.660. The van der Waals surface area contributed by atoms with E-state index in [1.807, 2.05) is 6.21 Å². The highest BCUT2D eigenvalue weighted by molar-refractivity contribution is 5.86. The van der Waals surface area contributed by atoms with E-state index < -0.39 is 0 Å². The summed E-state index contributed by atoms with van der Waals surface area (Å²) < 4.78 is 0. The molecule has 0 saturated carbocycles. The summed E-state index contributed by atoms with van der Waals surface area (Å²) in [6, 6.07) is 48.7. The molecule has 1 nitrogen and oxygen atoms in total. The molecular weight excluding hydrogens is 530 g/mol. The highest BCUT2D eigenvalue weighted by Gasteiger charge is 2.36. The molecule has 0 aliphatic heterocycles. The van der Waals surface area contributed by atoms with Gasteiger partial charge in [0.25, 0.3) is 0 Å². The standard InChI is InChI=1S/C43H35N/c1-42(2)38-11-7-5-9-34(38)36-23-19-31(25-40(36)42)29-15-13-28(14-16-29)27-44-33-21-17-30(18-22-33)32-20-24-37-35-10-6-8-12-39(35)43(3,4)41(37)26-32/h5-27H,1-4H3. The molecule has 0 radical (unpaired) electrons. The average molecular weight is 566 g/mol. The molecule has 0 atom stereocenters. The van der Waals surface area contributed by atoms with Crippen LogP contribution in [0.2, 0.25) is 0 Å². The zero-order chi connectivity index (χ0) is 30.1. The third-order valence-corrected chi connectivity index (χ3v) is 9.97. The lowest BCUT2D eigenvalue weighted by atomic mass is 9.81. The molecule has 0 fully saturated rings. The monoisotopic (exact) mass is 565 g/mol. The van der Waals surface area contributed by atoms with Crippen molar-refractivity contribution < 1.29 is 0 Å². The molecule has 0 saturated heterocycles. The van der Waals surface area contributed by atoms with Crippen LogP contribution in [0.4, 0.5) is 5.69 Å². The normalized spacial score (nSPS) is 15.1. The van der Waals surface area contributed by atoms with Gasteiger partial charge in [0.15, 0.2) is 0 Å². The van der Waals surface area contributed by atoms with Crippen LogP contribution in [0.25, 0.3) is 44.5 Å². The molecule has 2 aliphatic rings. The molecule has 0 N–H and O–H groups in total. The molecule has 0 amide bonds.